The second kappa shape index (κ2) is 10.2. The highest BCUT2D eigenvalue weighted by Gasteiger charge is 2.32. The molecular formula is C22H24F3N5OS. The Bertz CT molecular complexity index is 1040. The maximum Gasteiger partial charge on any atom is 0.433 e. The van der Waals surface area contributed by atoms with Crippen molar-refractivity contribution in [1.82, 2.24) is 25.3 Å². The number of halogens is 3. The minimum Gasteiger partial charge on any atom is -0.351 e. The van der Waals surface area contributed by atoms with Crippen LogP contribution in [0.25, 0.3) is 10.8 Å². The summed E-state index contributed by atoms with van der Waals surface area (Å²) in [4.78, 5) is 29.9. The van der Waals surface area contributed by atoms with Crippen LogP contribution in [-0.4, -0.2) is 32.4 Å². The van der Waals surface area contributed by atoms with E-state index < -0.39 is 11.9 Å². The molecule has 32 heavy (non-hydrogen) atoms. The summed E-state index contributed by atoms with van der Waals surface area (Å²) < 4.78 is 38.5. The maximum atomic E-state index is 12.9. The lowest BCUT2D eigenvalue weighted by Crippen LogP contribution is -2.29. The van der Waals surface area contributed by atoms with Crippen LogP contribution >= 0.6 is 11.3 Å². The van der Waals surface area contributed by atoms with Gasteiger partial charge in [-0.1, -0.05) is 26.8 Å². The average molecular weight is 464 g/mol. The second-order valence-electron chi connectivity index (χ2n) is 7.73. The van der Waals surface area contributed by atoms with Crippen LogP contribution in [0.2, 0.25) is 0 Å². The number of aromatic nitrogens is 4. The van der Waals surface area contributed by atoms with E-state index in [1.807, 2.05) is 20.8 Å². The summed E-state index contributed by atoms with van der Waals surface area (Å²) in [6, 6.07) is 4.12. The van der Waals surface area contributed by atoms with Gasteiger partial charge in [-0.25, -0.2) is 15.0 Å². The van der Waals surface area contributed by atoms with Crippen molar-refractivity contribution in [1.29, 1.82) is 0 Å². The molecule has 10 heteroatoms. The number of nitrogens with one attached hydrogen (secondary N) is 1. The Labute approximate surface area is 188 Å². The Morgan fingerprint density at radius 2 is 1.88 bits per heavy atom. The summed E-state index contributed by atoms with van der Waals surface area (Å²) in [5.41, 5.74) is 0.387. The van der Waals surface area contributed by atoms with Crippen LogP contribution in [0.4, 0.5) is 13.2 Å². The van der Waals surface area contributed by atoms with Crippen molar-refractivity contribution in [3.63, 3.8) is 0 Å². The van der Waals surface area contributed by atoms with Gasteiger partial charge in [0.25, 0.3) is 5.91 Å². The van der Waals surface area contributed by atoms with Crippen LogP contribution in [0, 0.1) is 5.92 Å². The van der Waals surface area contributed by atoms with Gasteiger partial charge in [-0.3, -0.25) is 9.78 Å². The van der Waals surface area contributed by atoms with Gasteiger partial charge in [0.05, 0.1) is 5.69 Å². The first-order valence-electron chi connectivity index (χ1n) is 10.3. The molecule has 1 N–H and O–H groups in total. The Hall–Kier alpha value is -2.88. The maximum absolute atomic E-state index is 12.9. The average Bonchev–Trinajstić information content (AvgIpc) is 3.21. The SMILES string of the molecule is CCc1nc(-c2ncccn2)sc1C(=O)NCC(CC(C)C)c1ccc(C(F)(F)F)nc1. The fraction of sp³-hybridized carbons (Fsp3) is 0.409. The van der Waals surface area contributed by atoms with Crippen molar-refractivity contribution in [3.8, 4) is 10.8 Å². The molecule has 0 aliphatic carbocycles. The molecule has 3 aromatic heterocycles. The number of hydrogen-bond acceptors (Lipinski definition) is 6. The normalized spacial score (nSPS) is 12.7. The zero-order chi connectivity index (χ0) is 23.3. The molecule has 3 rings (SSSR count). The van der Waals surface area contributed by atoms with Gasteiger partial charge in [0.15, 0.2) is 10.8 Å². The van der Waals surface area contributed by atoms with E-state index in [0.29, 0.717) is 39.8 Å². The van der Waals surface area contributed by atoms with Crippen molar-refractivity contribution in [2.75, 3.05) is 6.54 Å². The van der Waals surface area contributed by atoms with Gasteiger partial charge in [0.1, 0.15) is 10.6 Å². The van der Waals surface area contributed by atoms with E-state index in [-0.39, 0.29) is 24.3 Å². The summed E-state index contributed by atoms with van der Waals surface area (Å²) in [6.07, 6.45) is 1.26. The molecule has 3 aromatic rings. The van der Waals surface area contributed by atoms with Gasteiger partial charge < -0.3 is 5.32 Å². The Balaban J connectivity index is 1.76. The third-order valence-corrected chi connectivity index (χ3v) is 5.90. The van der Waals surface area contributed by atoms with E-state index in [1.165, 1.54) is 23.6 Å². The molecular weight excluding hydrogens is 439 g/mol. The summed E-state index contributed by atoms with van der Waals surface area (Å²) in [5.74, 6) is 0.314. The van der Waals surface area contributed by atoms with Crippen molar-refractivity contribution in [3.05, 3.63) is 58.6 Å². The highest BCUT2D eigenvalue weighted by Crippen LogP contribution is 2.30. The van der Waals surface area contributed by atoms with Gasteiger partial charge in [0, 0.05) is 31.1 Å². The van der Waals surface area contributed by atoms with Crippen LogP contribution in [0.5, 0.6) is 0 Å². The van der Waals surface area contributed by atoms with Crippen LogP contribution < -0.4 is 5.32 Å². The third kappa shape index (κ3) is 5.87. The molecule has 0 saturated heterocycles. The zero-order valence-corrected chi connectivity index (χ0v) is 18.8. The van der Waals surface area contributed by atoms with E-state index in [2.05, 4.69) is 25.3 Å². The first-order chi connectivity index (χ1) is 15.2. The number of alkyl halides is 3. The van der Waals surface area contributed by atoms with Crippen molar-refractivity contribution in [2.24, 2.45) is 5.92 Å². The fourth-order valence-corrected chi connectivity index (χ4v) is 4.31. The summed E-state index contributed by atoms with van der Waals surface area (Å²) in [7, 11) is 0. The second-order valence-corrected chi connectivity index (χ2v) is 8.73. The summed E-state index contributed by atoms with van der Waals surface area (Å²) in [6.45, 7) is 6.24. The number of carbonyl (C=O) groups excluding carboxylic acids is 1. The van der Waals surface area contributed by atoms with Gasteiger partial charge in [0.2, 0.25) is 0 Å². The molecule has 0 aromatic carbocycles. The molecule has 0 aliphatic rings. The van der Waals surface area contributed by atoms with Crippen LogP contribution in [0.15, 0.2) is 36.8 Å². The first-order valence-corrected chi connectivity index (χ1v) is 11.1. The van der Waals surface area contributed by atoms with E-state index in [0.717, 1.165) is 6.07 Å². The quantitative estimate of drug-likeness (QED) is 0.501. The van der Waals surface area contributed by atoms with Crippen LogP contribution in [0.1, 0.15) is 59.7 Å². The molecule has 0 aliphatic heterocycles. The van der Waals surface area contributed by atoms with Gasteiger partial charge >= 0.3 is 6.18 Å². The number of aryl methyl sites for hydroxylation is 1. The van der Waals surface area contributed by atoms with E-state index in [4.69, 9.17) is 0 Å². The van der Waals surface area contributed by atoms with Gasteiger partial charge in [-0.2, -0.15) is 13.2 Å². The minimum atomic E-state index is -4.48. The molecule has 1 amide bonds. The standard InChI is InChI=1S/C22H24F3N5OS/c1-4-16-18(32-21(30-16)19-26-8-5-9-27-19)20(31)29-12-15(10-13(2)3)14-6-7-17(28-11-14)22(23,24)25/h5-9,11,13,15H,4,10,12H2,1-3H3,(H,29,31). The number of hydrogen-bond donors (Lipinski definition) is 1. The minimum absolute atomic E-state index is 0.163. The number of pyridine rings is 1. The topological polar surface area (TPSA) is 80.7 Å². The van der Waals surface area contributed by atoms with E-state index in [9.17, 15) is 18.0 Å². The highest BCUT2D eigenvalue weighted by molar-refractivity contribution is 7.17. The lowest BCUT2D eigenvalue weighted by molar-refractivity contribution is -0.141. The van der Waals surface area contributed by atoms with Crippen molar-refractivity contribution < 1.29 is 18.0 Å². The largest absolute Gasteiger partial charge is 0.433 e. The fourth-order valence-electron chi connectivity index (χ4n) is 3.29. The number of nitrogens with zero attached hydrogens (tertiary/aromatic N) is 4. The number of amides is 1. The predicted octanol–water partition coefficient (Wildman–Crippen LogP) is 5.14. The van der Waals surface area contributed by atoms with Crippen LogP contribution in [-0.2, 0) is 12.6 Å². The predicted molar refractivity (Wildman–Crippen MR) is 116 cm³/mol. The van der Waals surface area contributed by atoms with Gasteiger partial charge in [-0.05, 0) is 36.5 Å². The number of rotatable bonds is 8. The lowest BCUT2D eigenvalue weighted by atomic mass is 9.91. The van der Waals surface area contributed by atoms with Crippen molar-refractivity contribution >= 4 is 17.2 Å². The monoisotopic (exact) mass is 463 g/mol. The first kappa shape index (κ1) is 23.8. The third-order valence-electron chi connectivity index (χ3n) is 4.81. The molecule has 1 atom stereocenters. The molecule has 170 valence electrons. The lowest BCUT2D eigenvalue weighted by Gasteiger charge is -2.20. The Kier molecular flexibility index (Phi) is 7.55. The van der Waals surface area contributed by atoms with E-state index in [1.54, 1.807) is 18.5 Å². The van der Waals surface area contributed by atoms with Gasteiger partial charge in [-0.15, -0.1) is 11.3 Å². The highest BCUT2D eigenvalue weighted by atomic mass is 32.1. The molecule has 1 unspecified atom stereocenters. The molecule has 0 saturated carbocycles. The van der Waals surface area contributed by atoms with Crippen molar-refractivity contribution in [2.45, 2.75) is 45.7 Å². The summed E-state index contributed by atoms with van der Waals surface area (Å²) in [5, 5.41) is 3.50. The number of carbonyl (C=O) groups is 1. The molecule has 6 nitrogen and oxygen atoms in total. The molecule has 0 spiro atoms. The molecule has 0 fully saturated rings. The molecule has 0 bridgehead atoms. The Morgan fingerprint density at radius 3 is 2.44 bits per heavy atom. The molecule has 0 radical (unpaired) electrons. The smallest absolute Gasteiger partial charge is 0.351 e. The van der Waals surface area contributed by atoms with Crippen LogP contribution in [0.3, 0.4) is 0 Å². The number of thiazole rings is 1. The Morgan fingerprint density at radius 1 is 1.16 bits per heavy atom. The summed E-state index contributed by atoms with van der Waals surface area (Å²) >= 11 is 1.23. The van der Waals surface area contributed by atoms with E-state index >= 15 is 0 Å². The molecule has 3 heterocycles. The zero-order valence-electron chi connectivity index (χ0n) is 18.0.